The summed E-state index contributed by atoms with van der Waals surface area (Å²) in [5.41, 5.74) is 3.73. The van der Waals surface area contributed by atoms with E-state index in [4.69, 9.17) is 0 Å². The molecule has 0 saturated heterocycles. The smallest absolute Gasteiger partial charge is 0.339 e. The minimum atomic E-state index is -4.48. The average Bonchev–Trinajstić information content (AvgIpc) is 3.52. The summed E-state index contributed by atoms with van der Waals surface area (Å²) in [6, 6.07) is 12.6. The van der Waals surface area contributed by atoms with Gasteiger partial charge in [-0.2, -0.15) is 23.4 Å². The molecule has 5 aromatic rings. The first-order chi connectivity index (χ1) is 17.7. The van der Waals surface area contributed by atoms with Crippen molar-refractivity contribution in [2.45, 2.75) is 32.4 Å². The molecule has 4 aromatic heterocycles. The molecule has 0 spiro atoms. The summed E-state index contributed by atoms with van der Waals surface area (Å²) in [4.78, 5) is 20.4. The van der Waals surface area contributed by atoms with Crippen molar-refractivity contribution in [2.24, 2.45) is 0 Å². The Hall–Kier alpha value is -4.61. The fraction of sp³-hybridized carbons (Fsp3) is 0.200. The molecule has 9 nitrogen and oxygen atoms in total. The number of carbonyl (C=O) groups excluding carboxylic acids is 1. The van der Waals surface area contributed by atoms with Crippen LogP contribution in [0.25, 0.3) is 28.1 Å². The monoisotopic (exact) mass is 506 g/mol. The molecule has 4 heterocycles. The van der Waals surface area contributed by atoms with Crippen LogP contribution in [0.3, 0.4) is 0 Å². The van der Waals surface area contributed by atoms with Crippen molar-refractivity contribution in [3.05, 3.63) is 71.9 Å². The van der Waals surface area contributed by atoms with E-state index in [2.05, 4.69) is 35.7 Å². The molecule has 12 heteroatoms. The highest BCUT2D eigenvalue weighted by Gasteiger charge is 2.39. The fourth-order valence-electron chi connectivity index (χ4n) is 3.96. The third-order valence-electron chi connectivity index (χ3n) is 5.98. The van der Waals surface area contributed by atoms with Gasteiger partial charge in [-0.1, -0.05) is 6.07 Å². The van der Waals surface area contributed by atoms with Gasteiger partial charge in [-0.3, -0.25) is 9.67 Å². The minimum absolute atomic E-state index is 0.00996. The predicted molar refractivity (Wildman–Crippen MR) is 131 cm³/mol. The number of halogens is 3. The summed E-state index contributed by atoms with van der Waals surface area (Å²) >= 11 is 0. The molecule has 0 radical (unpaired) electrons. The number of benzene rings is 1. The first kappa shape index (κ1) is 24.1. The molecule has 0 saturated carbocycles. The standard InChI is InChI=1S/C25H21F3N8O/c1-14-3-7-21(34-33-14)31-17-5-6-19-20(11-17)36(13-29-19)22-8-4-16(9-10-37)24(32-22)18-12-30-35-23(18)15(2)25(26,27)28/h3-8,10-13,15H,9H2,1-2H3,(H,30,35)(H,31,34)/t15-/m0/s1. The maximum atomic E-state index is 13.5. The van der Waals surface area contributed by atoms with Gasteiger partial charge in [0.2, 0.25) is 0 Å². The first-order valence-corrected chi connectivity index (χ1v) is 11.3. The fourth-order valence-corrected chi connectivity index (χ4v) is 3.96. The number of alkyl halides is 3. The van der Waals surface area contributed by atoms with Gasteiger partial charge in [0.15, 0.2) is 5.82 Å². The van der Waals surface area contributed by atoms with Crippen LogP contribution in [0.4, 0.5) is 24.7 Å². The topological polar surface area (TPSA) is 114 Å². The van der Waals surface area contributed by atoms with E-state index in [1.165, 1.54) is 6.20 Å². The van der Waals surface area contributed by atoms with E-state index in [0.717, 1.165) is 18.3 Å². The largest absolute Gasteiger partial charge is 0.396 e. The van der Waals surface area contributed by atoms with Gasteiger partial charge in [0.1, 0.15) is 18.4 Å². The van der Waals surface area contributed by atoms with Crippen LogP contribution in [0.1, 0.15) is 29.8 Å². The molecule has 5 rings (SSSR count). The van der Waals surface area contributed by atoms with Crippen molar-refractivity contribution in [1.82, 2.24) is 34.9 Å². The number of fused-ring (bicyclic) bond motifs is 1. The van der Waals surface area contributed by atoms with Gasteiger partial charge in [0, 0.05) is 17.7 Å². The average molecular weight is 506 g/mol. The zero-order chi connectivity index (χ0) is 26.2. The Morgan fingerprint density at radius 3 is 2.70 bits per heavy atom. The van der Waals surface area contributed by atoms with Crippen LogP contribution in [-0.2, 0) is 11.2 Å². The van der Waals surface area contributed by atoms with E-state index >= 15 is 0 Å². The number of aromatic amines is 1. The van der Waals surface area contributed by atoms with Crippen LogP contribution in [0, 0.1) is 6.92 Å². The molecule has 188 valence electrons. The molecule has 0 fully saturated rings. The molecular formula is C25H21F3N8O. The maximum absolute atomic E-state index is 13.5. The Labute approximate surface area is 208 Å². The minimum Gasteiger partial charge on any atom is -0.339 e. The van der Waals surface area contributed by atoms with Gasteiger partial charge in [-0.05, 0) is 55.8 Å². The van der Waals surface area contributed by atoms with E-state index in [1.807, 2.05) is 37.3 Å². The quantitative estimate of drug-likeness (QED) is 0.297. The van der Waals surface area contributed by atoms with Gasteiger partial charge in [-0.25, -0.2) is 9.97 Å². The Bertz CT molecular complexity index is 1570. The molecule has 37 heavy (non-hydrogen) atoms. The molecule has 1 atom stereocenters. The SMILES string of the molecule is Cc1ccc(Nc2ccc3ncn(-c4ccc(CC=O)c(-c5cn[nH]c5[C@H](C)C(F)(F)F)n4)c3c2)nn1. The van der Waals surface area contributed by atoms with Crippen molar-refractivity contribution in [3.63, 3.8) is 0 Å². The number of H-pyrrole nitrogens is 1. The molecule has 0 aliphatic rings. The van der Waals surface area contributed by atoms with Gasteiger partial charge < -0.3 is 10.1 Å². The van der Waals surface area contributed by atoms with E-state index in [9.17, 15) is 18.0 Å². The third-order valence-corrected chi connectivity index (χ3v) is 5.98. The van der Waals surface area contributed by atoms with Crippen LogP contribution in [-0.4, -0.2) is 47.4 Å². The van der Waals surface area contributed by atoms with Crippen LogP contribution in [0.15, 0.2) is 55.0 Å². The number of aromatic nitrogens is 7. The highest BCUT2D eigenvalue weighted by atomic mass is 19.4. The van der Waals surface area contributed by atoms with E-state index in [-0.39, 0.29) is 23.4 Å². The van der Waals surface area contributed by atoms with Crippen molar-refractivity contribution < 1.29 is 18.0 Å². The zero-order valence-electron chi connectivity index (χ0n) is 19.8. The number of hydrogen-bond acceptors (Lipinski definition) is 7. The second-order valence-electron chi connectivity index (χ2n) is 8.51. The molecule has 0 aliphatic heterocycles. The molecule has 0 amide bonds. The van der Waals surface area contributed by atoms with E-state index in [1.54, 1.807) is 23.0 Å². The second kappa shape index (κ2) is 9.45. The predicted octanol–water partition coefficient (Wildman–Crippen LogP) is 5.06. The number of aryl methyl sites for hydroxylation is 1. The summed E-state index contributed by atoms with van der Waals surface area (Å²) in [6.45, 7) is 2.90. The Morgan fingerprint density at radius 2 is 1.97 bits per heavy atom. The second-order valence-corrected chi connectivity index (χ2v) is 8.51. The zero-order valence-corrected chi connectivity index (χ0v) is 19.8. The molecule has 0 unspecified atom stereocenters. The first-order valence-electron chi connectivity index (χ1n) is 11.3. The van der Waals surface area contributed by atoms with Crippen molar-refractivity contribution in [1.29, 1.82) is 0 Å². The molecule has 0 bridgehead atoms. The normalized spacial score (nSPS) is 12.6. The lowest BCUT2D eigenvalue weighted by Crippen LogP contribution is -2.19. The number of anilines is 2. The van der Waals surface area contributed by atoms with Crippen molar-refractivity contribution >= 4 is 28.8 Å². The van der Waals surface area contributed by atoms with Gasteiger partial charge in [0.05, 0.1) is 40.2 Å². The summed E-state index contributed by atoms with van der Waals surface area (Å²) in [5, 5.41) is 17.7. The lowest BCUT2D eigenvalue weighted by atomic mass is 9.98. The summed E-state index contributed by atoms with van der Waals surface area (Å²) in [6.07, 6.45) is -0.917. The van der Waals surface area contributed by atoms with Crippen molar-refractivity contribution in [3.8, 4) is 17.1 Å². The maximum Gasteiger partial charge on any atom is 0.396 e. The number of aldehydes is 1. The van der Waals surface area contributed by atoms with Crippen LogP contribution >= 0.6 is 0 Å². The van der Waals surface area contributed by atoms with Gasteiger partial charge in [0.25, 0.3) is 0 Å². The number of rotatable bonds is 7. The van der Waals surface area contributed by atoms with Gasteiger partial charge >= 0.3 is 6.18 Å². The van der Waals surface area contributed by atoms with E-state index < -0.39 is 12.1 Å². The van der Waals surface area contributed by atoms with Crippen LogP contribution in [0.5, 0.6) is 0 Å². The lowest BCUT2D eigenvalue weighted by molar-refractivity contribution is -0.147. The number of pyridine rings is 1. The molecule has 1 aromatic carbocycles. The summed E-state index contributed by atoms with van der Waals surface area (Å²) in [7, 11) is 0. The highest BCUT2D eigenvalue weighted by molar-refractivity contribution is 5.82. The lowest BCUT2D eigenvalue weighted by Gasteiger charge is -2.17. The number of hydrogen-bond donors (Lipinski definition) is 2. The molecule has 0 aliphatic carbocycles. The molecular weight excluding hydrogens is 485 g/mol. The highest BCUT2D eigenvalue weighted by Crippen LogP contribution is 2.38. The summed E-state index contributed by atoms with van der Waals surface area (Å²) < 4.78 is 42.2. The Kier molecular flexibility index (Phi) is 6.15. The van der Waals surface area contributed by atoms with Gasteiger partial charge in [-0.15, -0.1) is 5.10 Å². The third kappa shape index (κ3) is 4.77. The number of nitrogens with zero attached hydrogens (tertiary/aromatic N) is 6. The number of imidazole rings is 1. The van der Waals surface area contributed by atoms with Crippen molar-refractivity contribution in [2.75, 3.05) is 5.32 Å². The van der Waals surface area contributed by atoms with Crippen LogP contribution < -0.4 is 5.32 Å². The van der Waals surface area contributed by atoms with Crippen LogP contribution in [0.2, 0.25) is 0 Å². The Balaban J connectivity index is 1.58. The van der Waals surface area contributed by atoms with E-state index in [0.29, 0.717) is 34.5 Å². The molecule has 2 N–H and O–H groups in total. The Morgan fingerprint density at radius 1 is 1.14 bits per heavy atom. The number of carbonyl (C=O) groups is 1. The number of nitrogens with one attached hydrogen (secondary N) is 2. The summed E-state index contributed by atoms with van der Waals surface area (Å²) in [5.74, 6) is -0.806.